The third-order valence-corrected chi connectivity index (χ3v) is 4.37. The summed E-state index contributed by atoms with van der Waals surface area (Å²) < 4.78 is 0. The Kier molecular flexibility index (Phi) is 2.63. The first-order chi connectivity index (χ1) is 5.77. The first-order valence-corrected chi connectivity index (χ1v) is 5.93. The Bertz CT molecular complexity index is 163. The smallest absolute Gasteiger partial charge is 0.0220 e. The molecular formula is C9H18N2S. The minimum absolute atomic E-state index is 0.447. The van der Waals surface area contributed by atoms with Gasteiger partial charge in [-0.1, -0.05) is 6.92 Å². The Balaban J connectivity index is 1.91. The van der Waals surface area contributed by atoms with Crippen molar-refractivity contribution in [2.75, 3.05) is 18.8 Å². The molecule has 3 unspecified atom stereocenters. The zero-order chi connectivity index (χ0) is 8.55. The largest absolute Gasteiger partial charge is 0.326 e. The number of nitrogens with zero attached hydrogens (tertiary/aromatic N) is 1. The van der Waals surface area contributed by atoms with Crippen molar-refractivity contribution in [2.45, 2.75) is 37.1 Å². The van der Waals surface area contributed by atoms with Crippen LogP contribution in [0.1, 0.15) is 19.8 Å². The molecular weight excluding hydrogens is 168 g/mol. The van der Waals surface area contributed by atoms with Crippen molar-refractivity contribution in [3.05, 3.63) is 0 Å². The third kappa shape index (κ3) is 1.63. The van der Waals surface area contributed by atoms with Gasteiger partial charge in [0.2, 0.25) is 0 Å². The zero-order valence-corrected chi connectivity index (χ0v) is 8.52. The standard InChI is InChI=1S/C9H18N2S/c1-7-9(3-5-12-7)11-4-2-8(10)6-11/h7-9H,2-6,10H2,1H3. The maximum Gasteiger partial charge on any atom is 0.0220 e. The molecule has 2 nitrogen and oxygen atoms in total. The quantitative estimate of drug-likeness (QED) is 0.660. The topological polar surface area (TPSA) is 29.3 Å². The number of hydrogen-bond donors (Lipinski definition) is 1. The molecule has 0 aromatic carbocycles. The molecule has 2 rings (SSSR count). The molecule has 2 aliphatic heterocycles. The average molecular weight is 186 g/mol. The van der Waals surface area contributed by atoms with Crippen LogP contribution in [-0.4, -0.2) is 41.1 Å². The van der Waals surface area contributed by atoms with E-state index in [1.165, 1.54) is 25.1 Å². The second-order valence-corrected chi connectivity index (χ2v) is 5.46. The summed E-state index contributed by atoms with van der Waals surface area (Å²) >= 11 is 2.11. The fourth-order valence-electron chi connectivity index (χ4n) is 2.32. The fraction of sp³-hybridized carbons (Fsp3) is 1.00. The maximum absolute atomic E-state index is 5.89. The van der Waals surface area contributed by atoms with Crippen LogP contribution < -0.4 is 5.73 Å². The van der Waals surface area contributed by atoms with Gasteiger partial charge in [0.1, 0.15) is 0 Å². The summed E-state index contributed by atoms with van der Waals surface area (Å²) in [6.07, 6.45) is 2.58. The highest BCUT2D eigenvalue weighted by Crippen LogP contribution is 2.31. The van der Waals surface area contributed by atoms with Crippen molar-refractivity contribution in [3.63, 3.8) is 0 Å². The highest BCUT2D eigenvalue weighted by atomic mass is 32.2. The lowest BCUT2D eigenvalue weighted by molar-refractivity contribution is 0.241. The highest BCUT2D eigenvalue weighted by Gasteiger charge is 2.32. The Morgan fingerprint density at radius 1 is 1.42 bits per heavy atom. The molecule has 70 valence electrons. The molecule has 0 aromatic rings. The van der Waals surface area contributed by atoms with Crippen LogP contribution in [0.3, 0.4) is 0 Å². The Morgan fingerprint density at radius 2 is 2.25 bits per heavy atom. The predicted molar refractivity (Wildman–Crippen MR) is 54.5 cm³/mol. The van der Waals surface area contributed by atoms with E-state index in [2.05, 4.69) is 23.6 Å². The predicted octanol–water partition coefficient (Wildman–Crippen LogP) is 0.913. The van der Waals surface area contributed by atoms with Gasteiger partial charge in [0, 0.05) is 30.4 Å². The Morgan fingerprint density at radius 3 is 2.75 bits per heavy atom. The Hall–Kier alpha value is 0.270. The molecule has 0 radical (unpaired) electrons. The van der Waals surface area contributed by atoms with Gasteiger partial charge in [-0.3, -0.25) is 4.90 Å². The van der Waals surface area contributed by atoms with Crippen LogP contribution in [0.4, 0.5) is 0 Å². The summed E-state index contributed by atoms with van der Waals surface area (Å²) in [5.41, 5.74) is 5.89. The van der Waals surface area contributed by atoms with E-state index in [1.54, 1.807) is 0 Å². The second kappa shape index (κ2) is 3.56. The SMILES string of the molecule is CC1SCCC1N1CCC(N)C1. The lowest BCUT2D eigenvalue weighted by Gasteiger charge is -2.26. The molecule has 2 N–H and O–H groups in total. The molecule has 12 heavy (non-hydrogen) atoms. The number of rotatable bonds is 1. The third-order valence-electron chi connectivity index (χ3n) is 3.06. The summed E-state index contributed by atoms with van der Waals surface area (Å²) in [5.74, 6) is 1.34. The summed E-state index contributed by atoms with van der Waals surface area (Å²) in [5, 5.41) is 0.829. The van der Waals surface area contributed by atoms with Crippen molar-refractivity contribution in [1.29, 1.82) is 0 Å². The molecule has 0 spiro atoms. The highest BCUT2D eigenvalue weighted by molar-refractivity contribution is 8.00. The number of likely N-dealkylation sites (tertiary alicyclic amines) is 1. The monoisotopic (exact) mass is 186 g/mol. The van der Waals surface area contributed by atoms with Gasteiger partial charge in [0.25, 0.3) is 0 Å². The molecule has 2 fully saturated rings. The number of thioether (sulfide) groups is 1. The van der Waals surface area contributed by atoms with Crippen LogP contribution in [-0.2, 0) is 0 Å². The van der Waals surface area contributed by atoms with Crippen molar-refractivity contribution in [2.24, 2.45) is 5.73 Å². The minimum Gasteiger partial charge on any atom is -0.326 e. The van der Waals surface area contributed by atoms with E-state index in [1.807, 2.05) is 0 Å². The van der Waals surface area contributed by atoms with Gasteiger partial charge >= 0.3 is 0 Å². The van der Waals surface area contributed by atoms with Crippen molar-refractivity contribution >= 4 is 11.8 Å². The van der Waals surface area contributed by atoms with E-state index < -0.39 is 0 Å². The lowest BCUT2D eigenvalue weighted by atomic mass is 10.1. The van der Waals surface area contributed by atoms with Crippen LogP contribution in [0.15, 0.2) is 0 Å². The molecule has 0 saturated carbocycles. The van der Waals surface area contributed by atoms with Gasteiger partial charge in [0.15, 0.2) is 0 Å². The van der Waals surface area contributed by atoms with Crippen LogP contribution in [0, 0.1) is 0 Å². The summed E-state index contributed by atoms with van der Waals surface area (Å²) in [4.78, 5) is 2.59. The molecule has 0 aliphatic carbocycles. The molecule has 2 saturated heterocycles. The molecule has 2 aliphatic rings. The van der Waals surface area contributed by atoms with Crippen LogP contribution >= 0.6 is 11.8 Å². The molecule has 0 amide bonds. The van der Waals surface area contributed by atoms with Gasteiger partial charge in [-0.2, -0.15) is 11.8 Å². The first-order valence-electron chi connectivity index (χ1n) is 4.88. The zero-order valence-electron chi connectivity index (χ0n) is 7.70. The van der Waals surface area contributed by atoms with Crippen LogP contribution in [0.2, 0.25) is 0 Å². The van der Waals surface area contributed by atoms with Crippen molar-refractivity contribution < 1.29 is 0 Å². The number of hydrogen-bond acceptors (Lipinski definition) is 3. The number of nitrogens with two attached hydrogens (primary N) is 1. The van der Waals surface area contributed by atoms with Gasteiger partial charge in [-0.05, 0) is 18.6 Å². The van der Waals surface area contributed by atoms with Gasteiger partial charge < -0.3 is 5.73 Å². The van der Waals surface area contributed by atoms with Gasteiger partial charge in [0.05, 0.1) is 0 Å². The van der Waals surface area contributed by atoms with Crippen LogP contribution in [0.5, 0.6) is 0 Å². The average Bonchev–Trinajstić information content (AvgIpc) is 2.58. The normalized spacial score (nSPS) is 44.0. The van der Waals surface area contributed by atoms with E-state index >= 15 is 0 Å². The summed E-state index contributed by atoms with van der Waals surface area (Å²) in [6.45, 7) is 4.72. The van der Waals surface area contributed by atoms with E-state index in [9.17, 15) is 0 Å². The molecule has 0 aromatic heterocycles. The van der Waals surface area contributed by atoms with Crippen LogP contribution in [0.25, 0.3) is 0 Å². The van der Waals surface area contributed by atoms with E-state index in [0.717, 1.165) is 17.8 Å². The molecule has 3 heteroatoms. The summed E-state index contributed by atoms with van der Waals surface area (Å²) in [6, 6.07) is 1.27. The molecule has 0 bridgehead atoms. The summed E-state index contributed by atoms with van der Waals surface area (Å²) in [7, 11) is 0. The van der Waals surface area contributed by atoms with Gasteiger partial charge in [-0.15, -0.1) is 0 Å². The first kappa shape index (κ1) is 8.85. The van der Waals surface area contributed by atoms with Crippen molar-refractivity contribution in [3.8, 4) is 0 Å². The molecule has 3 atom stereocenters. The van der Waals surface area contributed by atoms with E-state index in [0.29, 0.717) is 6.04 Å². The van der Waals surface area contributed by atoms with Gasteiger partial charge in [-0.25, -0.2) is 0 Å². The van der Waals surface area contributed by atoms with E-state index in [-0.39, 0.29) is 0 Å². The fourth-order valence-corrected chi connectivity index (χ4v) is 3.60. The lowest BCUT2D eigenvalue weighted by Crippen LogP contribution is -2.38. The molecule has 2 heterocycles. The minimum atomic E-state index is 0.447. The Labute approximate surface area is 78.9 Å². The second-order valence-electron chi connectivity index (χ2n) is 3.98. The maximum atomic E-state index is 5.89. The van der Waals surface area contributed by atoms with Crippen molar-refractivity contribution in [1.82, 2.24) is 4.90 Å². The van der Waals surface area contributed by atoms with E-state index in [4.69, 9.17) is 5.73 Å².